The van der Waals surface area contributed by atoms with Crippen molar-refractivity contribution in [3.8, 4) is 5.69 Å². The molecule has 0 amide bonds. The van der Waals surface area contributed by atoms with Crippen LogP contribution in [0.2, 0.25) is 0 Å². The highest BCUT2D eigenvalue weighted by atomic mass is 79.9. The third-order valence-corrected chi connectivity index (χ3v) is 3.56. The molecule has 2 aromatic carbocycles. The molecule has 3 aromatic rings. The molecule has 0 saturated carbocycles. The van der Waals surface area contributed by atoms with E-state index in [4.69, 9.17) is 5.11 Å². The number of benzene rings is 2. The highest BCUT2D eigenvalue weighted by Gasteiger charge is 2.09. The Morgan fingerprint density at radius 3 is 2.75 bits per heavy atom. The first-order valence-corrected chi connectivity index (χ1v) is 6.82. The van der Waals surface area contributed by atoms with Crippen LogP contribution >= 0.6 is 15.9 Å². The van der Waals surface area contributed by atoms with Crippen LogP contribution in [0.4, 0.5) is 0 Å². The summed E-state index contributed by atoms with van der Waals surface area (Å²) >= 11 is 3.47. The lowest BCUT2D eigenvalue weighted by atomic mass is 10.2. The molecule has 1 aromatic heterocycles. The predicted octanol–water partition coefficient (Wildman–Crippen LogP) is 3.79. The third kappa shape index (κ3) is 2.20. The van der Waals surface area contributed by atoms with Crippen LogP contribution in [0, 0.1) is 6.92 Å². The van der Waals surface area contributed by atoms with Gasteiger partial charge in [-0.25, -0.2) is 9.78 Å². The molecular formula is C15H11BrN2O2. The van der Waals surface area contributed by atoms with Crippen molar-refractivity contribution in [3.63, 3.8) is 0 Å². The van der Waals surface area contributed by atoms with Gasteiger partial charge in [-0.3, -0.25) is 4.57 Å². The minimum Gasteiger partial charge on any atom is -0.478 e. The molecule has 1 heterocycles. The Kier molecular flexibility index (Phi) is 3.06. The fourth-order valence-electron chi connectivity index (χ4n) is 2.20. The Hall–Kier alpha value is -2.14. The van der Waals surface area contributed by atoms with E-state index in [0.29, 0.717) is 0 Å². The van der Waals surface area contributed by atoms with Gasteiger partial charge >= 0.3 is 5.97 Å². The molecule has 20 heavy (non-hydrogen) atoms. The molecule has 4 nitrogen and oxygen atoms in total. The summed E-state index contributed by atoms with van der Waals surface area (Å²) in [5.41, 5.74) is 3.87. The normalized spacial score (nSPS) is 10.9. The molecule has 0 radical (unpaired) electrons. The Morgan fingerprint density at radius 2 is 2.05 bits per heavy atom. The number of hydrogen-bond donors (Lipinski definition) is 1. The lowest BCUT2D eigenvalue weighted by molar-refractivity contribution is 0.0697. The molecule has 0 atom stereocenters. The Labute approximate surface area is 123 Å². The minimum atomic E-state index is -0.940. The molecule has 0 aliphatic carbocycles. The van der Waals surface area contributed by atoms with Gasteiger partial charge in [0, 0.05) is 10.2 Å². The average molecular weight is 331 g/mol. The van der Waals surface area contributed by atoms with E-state index in [9.17, 15) is 4.79 Å². The van der Waals surface area contributed by atoms with E-state index in [2.05, 4.69) is 20.9 Å². The summed E-state index contributed by atoms with van der Waals surface area (Å²) in [6.45, 7) is 2.01. The lowest BCUT2D eigenvalue weighted by Gasteiger charge is -2.07. The Balaban J connectivity index is 2.25. The number of hydrogen-bond acceptors (Lipinski definition) is 2. The molecule has 3 rings (SSSR count). The Bertz CT molecular complexity index is 804. The van der Waals surface area contributed by atoms with Gasteiger partial charge in [0.1, 0.15) is 6.33 Å². The van der Waals surface area contributed by atoms with Crippen molar-refractivity contribution in [3.05, 3.63) is 58.3 Å². The molecule has 1 N–H and O–H groups in total. The second-order valence-corrected chi connectivity index (χ2v) is 5.53. The maximum absolute atomic E-state index is 11.1. The summed E-state index contributed by atoms with van der Waals surface area (Å²) in [5.74, 6) is -0.940. The summed E-state index contributed by atoms with van der Waals surface area (Å²) in [6.07, 6.45) is 1.71. The zero-order valence-corrected chi connectivity index (χ0v) is 12.3. The second-order valence-electron chi connectivity index (χ2n) is 4.61. The number of carboxylic acids is 1. The predicted molar refractivity (Wildman–Crippen MR) is 80.5 cm³/mol. The number of carboxylic acid groups (broad SMARTS) is 1. The van der Waals surface area contributed by atoms with Crippen molar-refractivity contribution in [2.75, 3.05) is 0 Å². The van der Waals surface area contributed by atoms with Crippen LogP contribution in [0.25, 0.3) is 16.7 Å². The van der Waals surface area contributed by atoms with Crippen LogP contribution in [0.1, 0.15) is 15.9 Å². The van der Waals surface area contributed by atoms with Crippen LogP contribution in [0.5, 0.6) is 0 Å². The van der Waals surface area contributed by atoms with Crippen molar-refractivity contribution < 1.29 is 9.90 Å². The van der Waals surface area contributed by atoms with E-state index in [1.165, 1.54) is 0 Å². The van der Waals surface area contributed by atoms with E-state index in [1.54, 1.807) is 24.5 Å². The summed E-state index contributed by atoms with van der Waals surface area (Å²) in [5, 5.41) is 9.09. The number of aromatic carboxylic acids is 1. The van der Waals surface area contributed by atoms with Gasteiger partial charge in [0.15, 0.2) is 0 Å². The molecule has 0 spiro atoms. The first-order valence-electron chi connectivity index (χ1n) is 6.02. The molecule has 100 valence electrons. The van der Waals surface area contributed by atoms with Gasteiger partial charge in [-0.05, 0) is 48.9 Å². The maximum Gasteiger partial charge on any atom is 0.335 e. The van der Waals surface area contributed by atoms with Crippen molar-refractivity contribution in [2.45, 2.75) is 6.92 Å². The highest BCUT2D eigenvalue weighted by molar-refractivity contribution is 9.10. The average Bonchev–Trinajstić information content (AvgIpc) is 2.80. The van der Waals surface area contributed by atoms with E-state index < -0.39 is 5.97 Å². The zero-order chi connectivity index (χ0) is 14.3. The van der Waals surface area contributed by atoms with E-state index in [1.807, 2.05) is 29.7 Å². The number of aromatic nitrogens is 2. The number of carbonyl (C=O) groups is 1. The topological polar surface area (TPSA) is 55.1 Å². The van der Waals surface area contributed by atoms with Crippen LogP contribution in [-0.2, 0) is 0 Å². The zero-order valence-electron chi connectivity index (χ0n) is 10.7. The number of fused-ring (bicyclic) bond motifs is 1. The van der Waals surface area contributed by atoms with Gasteiger partial charge in [-0.2, -0.15) is 0 Å². The number of imidazole rings is 1. The molecular weight excluding hydrogens is 320 g/mol. The summed E-state index contributed by atoms with van der Waals surface area (Å²) < 4.78 is 2.86. The monoisotopic (exact) mass is 330 g/mol. The van der Waals surface area contributed by atoms with Crippen molar-refractivity contribution in [1.29, 1.82) is 0 Å². The van der Waals surface area contributed by atoms with Crippen molar-refractivity contribution in [2.24, 2.45) is 0 Å². The third-order valence-electron chi connectivity index (χ3n) is 3.10. The second kappa shape index (κ2) is 4.76. The molecule has 0 aliphatic rings. The number of halogens is 1. The van der Waals surface area contributed by atoms with Gasteiger partial charge in [-0.1, -0.05) is 15.9 Å². The van der Waals surface area contributed by atoms with E-state index in [-0.39, 0.29) is 5.56 Å². The number of aryl methyl sites for hydroxylation is 1. The van der Waals surface area contributed by atoms with Crippen molar-refractivity contribution in [1.82, 2.24) is 9.55 Å². The first-order chi connectivity index (χ1) is 9.54. The smallest absolute Gasteiger partial charge is 0.335 e. The SMILES string of the molecule is Cc1cc(Br)cc(-n2cnc3ccc(C(=O)O)cc32)c1. The molecule has 0 aliphatic heterocycles. The first kappa shape index (κ1) is 12.9. The summed E-state index contributed by atoms with van der Waals surface area (Å²) in [6, 6.07) is 10.9. The Morgan fingerprint density at radius 1 is 1.25 bits per heavy atom. The van der Waals surface area contributed by atoms with Crippen LogP contribution in [0.15, 0.2) is 47.2 Å². The largest absolute Gasteiger partial charge is 0.478 e. The molecule has 0 fully saturated rings. The van der Waals surface area contributed by atoms with Crippen LogP contribution in [0.3, 0.4) is 0 Å². The van der Waals surface area contributed by atoms with Crippen molar-refractivity contribution >= 4 is 32.9 Å². The van der Waals surface area contributed by atoms with Gasteiger partial charge in [0.2, 0.25) is 0 Å². The minimum absolute atomic E-state index is 0.256. The number of nitrogens with zero attached hydrogens (tertiary/aromatic N) is 2. The van der Waals surface area contributed by atoms with Gasteiger partial charge in [0.05, 0.1) is 16.6 Å². The van der Waals surface area contributed by atoms with Gasteiger partial charge in [0.25, 0.3) is 0 Å². The maximum atomic E-state index is 11.1. The van der Waals surface area contributed by atoms with Crippen LogP contribution < -0.4 is 0 Å². The fourth-order valence-corrected chi connectivity index (χ4v) is 2.80. The van der Waals surface area contributed by atoms with Gasteiger partial charge < -0.3 is 5.11 Å². The summed E-state index contributed by atoms with van der Waals surface area (Å²) in [4.78, 5) is 15.4. The standard InChI is InChI=1S/C15H11BrN2O2/c1-9-4-11(16)7-12(5-9)18-8-17-13-3-2-10(15(19)20)6-14(13)18/h2-8H,1H3,(H,19,20). The van der Waals surface area contributed by atoms with Gasteiger partial charge in [-0.15, -0.1) is 0 Å². The quantitative estimate of drug-likeness (QED) is 0.777. The van der Waals surface area contributed by atoms with E-state index >= 15 is 0 Å². The molecule has 0 bridgehead atoms. The lowest BCUT2D eigenvalue weighted by Crippen LogP contribution is -1.97. The van der Waals surface area contributed by atoms with Crippen LogP contribution in [-0.4, -0.2) is 20.6 Å². The molecule has 0 unspecified atom stereocenters. The number of rotatable bonds is 2. The molecule has 0 saturated heterocycles. The summed E-state index contributed by atoms with van der Waals surface area (Å²) in [7, 11) is 0. The highest BCUT2D eigenvalue weighted by Crippen LogP contribution is 2.23. The fraction of sp³-hybridized carbons (Fsp3) is 0.0667. The molecule has 5 heteroatoms. The van der Waals surface area contributed by atoms with E-state index in [0.717, 1.165) is 26.8 Å².